The Labute approximate surface area is 73.3 Å². The van der Waals surface area contributed by atoms with E-state index in [0.717, 1.165) is 32.6 Å². The summed E-state index contributed by atoms with van der Waals surface area (Å²) in [5.41, 5.74) is 0. The van der Waals surface area contributed by atoms with E-state index in [0.29, 0.717) is 5.91 Å². The lowest BCUT2D eigenvalue weighted by molar-refractivity contribution is -0.139. The maximum absolute atomic E-state index is 11.7. The maximum atomic E-state index is 11.7. The van der Waals surface area contributed by atoms with Gasteiger partial charge in [0.05, 0.1) is 6.04 Å². The Morgan fingerprint density at radius 3 is 3.00 bits per heavy atom. The molecular formula is C9H16N2O. The van der Waals surface area contributed by atoms with Crippen LogP contribution in [0, 0.1) is 0 Å². The highest BCUT2D eigenvalue weighted by Crippen LogP contribution is 2.22. The molecule has 0 aromatic rings. The van der Waals surface area contributed by atoms with Crippen molar-refractivity contribution in [2.75, 3.05) is 26.2 Å². The van der Waals surface area contributed by atoms with Crippen LogP contribution in [0.2, 0.25) is 0 Å². The van der Waals surface area contributed by atoms with Crippen molar-refractivity contribution in [1.82, 2.24) is 9.80 Å². The summed E-state index contributed by atoms with van der Waals surface area (Å²) in [4.78, 5) is 16.0. The van der Waals surface area contributed by atoms with Crippen LogP contribution >= 0.6 is 0 Å². The van der Waals surface area contributed by atoms with Crippen molar-refractivity contribution in [1.29, 1.82) is 0 Å². The highest BCUT2D eigenvalue weighted by Gasteiger charge is 2.36. The number of carbonyl (C=O) groups excluding carboxylic acids is 1. The zero-order valence-corrected chi connectivity index (χ0v) is 7.62. The van der Waals surface area contributed by atoms with Crippen molar-refractivity contribution < 1.29 is 4.79 Å². The van der Waals surface area contributed by atoms with E-state index < -0.39 is 0 Å². The first-order chi connectivity index (χ1) is 5.83. The van der Waals surface area contributed by atoms with Gasteiger partial charge in [0.1, 0.15) is 0 Å². The molecule has 1 amide bonds. The van der Waals surface area contributed by atoms with E-state index in [2.05, 4.69) is 11.8 Å². The lowest BCUT2D eigenvalue weighted by Gasteiger charge is -2.36. The third kappa shape index (κ3) is 1.12. The fourth-order valence-electron chi connectivity index (χ4n) is 2.26. The molecule has 0 spiro atoms. The average molecular weight is 168 g/mol. The molecule has 0 N–H and O–H groups in total. The number of fused-ring (bicyclic) bond motifs is 1. The van der Waals surface area contributed by atoms with Crippen LogP contribution in [0.15, 0.2) is 0 Å². The van der Waals surface area contributed by atoms with Gasteiger partial charge in [0.15, 0.2) is 0 Å². The van der Waals surface area contributed by atoms with Crippen molar-refractivity contribution in [2.45, 2.75) is 25.8 Å². The first-order valence-corrected chi connectivity index (χ1v) is 4.85. The van der Waals surface area contributed by atoms with Gasteiger partial charge in [-0.05, 0) is 26.3 Å². The maximum Gasteiger partial charge on any atom is 0.239 e. The second-order valence-electron chi connectivity index (χ2n) is 3.61. The Balaban J connectivity index is 2.07. The van der Waals surface area contributed by atoms with Gasteiger partial charge in [0.25, 0.3) is 0 Å². The zero-order valence-electron chi connectivity index (χ0n) is 7.62. The molecule has 12 heavy (non-hydrogen) atoms. The molecular weight excluding hydrogens is 152 g/mol. The number of carbonyl (C=O) groups is 1. The van der Waals surface area contributed by atoms with Gasteiger partial charge < -0.3 is 4.90 Å². The first-order valence-electron chi connectivity index (χ1n) is 4.85. The first kappa shape index (κ1) is 8.05. The smallest absolute Gasteiger partial charge is 0.239 e. The lowest BCUT2D eigenvalue weighted by atomic mass is 10.1. The molecule has 0 radical (unpaired) electrons. The normalized spacial score (nSPS) is 30.9. The molecule has 0 aromatic carbocycles. The summed E-state index contributed by atoms with van der Waals surface area (Å²) in [6, 6.07) is 0.235. The minimum absolute atomic E-state index is 0.235. The van der Waals surface area contributed by atoms with Crippen LogP contribution in [0.3, 0.4) is 0 Å². The number of amides is 1. The van der Waals surface area contributed by atoms with Crippen molar-refractivity contribution in [3.05, 3.63) is 0 Å². The monoisotopic (exact) mass is 168 g/mol. The standard InChI is InChI=1S/C9H16N2O/c1-2-10-6-7-11-5-3-4-8(11)9(10)12/h8H,2-7H2,1H3. The van der Waals surface area contributed by atoms with Crippen LogP contribution < -0.4 is 0 Å². The van der Waals surface area contributed by atoms with Crippen LogP contribution in [-0.2, 0) is 4.79 Å². The van der Waals surface area contributed by atoms with Crippen molar-refractivity contribution in [2.24, 2.45) is 0 Å². The summed E-state index contributed by atoms with van der Waals surface area (Å²) in [7, 11) is 0. The number of nitrogens with zero attached hydrogens (tertiary/aromatic N) is 2. The molecule has 2 aliphatic rings. The Morgan fingerprint density at radius 1 is 1.42 bits per heavy atom. The van der Waals surface area contributed by atoms with Crippen LogP contribution in [0.5, 0.6) is 0 Å². The lowest BCUT2D eigenvalue weighted by Crippen LogP contribution is -2.54. The van der Waals surface area contributed by atoms with Gasteiger partial charge in [-0.25, -0.2) is 0 Å². The largest absolute Gasteiger partial charge is 0.340 e. The Bertz CT molecular complexity index is 193. The van der Waals surface area contributed by atoms with Crippen LogP contribution in [0.25, 0.3) is 0 Å². The predicted molar refractivity (Wildman–Crippen MR) is 46.8 cm³/mol. The summed E-state index contributed by atoms with van der Waals surface area (Å²) in [5.74, 6) is 0.362. The fraction of sp³-hybridized carbons (Fsp3) is 0.889. The number of hydrogen-bond acceptors (Lipinski definition) is 2. The summed E-state index contributed by atoms with van der Waals surface area (Å²) in [6.45, 7) is 6.09. The Morgan fingerprint density at radius 2 is 2.25 bits per heavy atom. The molecule has 0 saturated carbocycles. The topological polar surface area (TPSA) is 23.6 Å². The minimum atomic E-state index is 0.235. The van der Waals surface area contributed by atoms with E-state index in [-0.39, 0.29) is 6.04 Å². The Hall–Kier alpha value is -0.570. The fourth-order valence-corrected chi connectivity index (χ4v) is 2.26. The van der Waals surface area contributed by atoms with Gasteiger partial charge in [-0.3, -0.25) is 9.69 Å². The van der Waals surface area contributed by atoms with E-state index in [4.69, 9.17) is 0 Å². The van der Waals surface area contributed by atoms with Gasteiger partial charge in [-0.2, -0.15) is 0 Å². The van der Waals surface area contributed by atoms with E-state index in [1.807, 2.05) is 4.90 Å². The van der Waals surface area contributed by atoms with Crippen LogP contribution in [0.4, 0.5) is 0 Å². The number of hydrogen-bond donors (Lipinski definition) is 0. The molecule has 0 aliphatic carbocycles. The average Bonchev–Trinajstić information content (AvgIpc) is 2.53. The number of rotatable bonds is 1. The quantitative estimate of drug-likeness (QED) is 0.562. The predicted octanol–water partition coefficient (Wildman–Crippen LogP) is 0.313. The SMILES string of the molecule is CCN1CCN2CCCC2C1=O. The molecule has 68 valence electrons. The molecule has 2 rings (SSSR count). The van der Waals surface area contributed by atoms with E-state index in [1.54, 1.807) is 0 Å². The molecule has 1 unspecified atom stereocenters. The van der Waals surface area contributed by atoms with Gasteiger partial charge >= 0.3 is 0 Å². The van der Waals surface area contributed by atoms with Crippen molar-refractivity contribution >= 4 is 5.91 Å². The highest BCUT2D eigenvalue weighted by atomic mass is 16.2. The minimum Gasteiger partial charge on any atom is -0.340 e. The molecule has 2 fully saturated rings. The molecule has 3 heteroatoms. The van der Waals surface area contributed by atoms with Gasteiger partial charge in [-0.1, -0.05) is 0 Å². The van der Waals surface area contributed by atoms with E-state index in [9.17, 15) is 4.79 Å². The summed E-state index contributed by atoms with van der Waals surface area (Å²) in [5, 5.41) is 0. The second kappa shape index (κ2) is 3.05. The number of likely N-dealkylation sites (N-methyl/N-ethyl adjacent to an activating group) is 1. The Kier molecular flexibility index (Phi) is 2.05. The van der Waals surface area contributed by atoms with Gasteiger partial charge in [0.2, 0.25) is 5.91 Å². The molecule has 1 atom stereocenters. The molecule has 2 saturated heterocycles. The van der Waals surface area contributed by atoms with Gasteiger partial charge in [-0.15, -0.1) is 0 Å². The molecule has 2 aliphatic heterocycles. The third-order valence-electron chi connectivity index (χ3n) is 3.00. The number of piperazine rings is 1. The summed E-state index contributed by atoms with van der Waals surface area (Å²) < 4.78 is 0. The van der Waals surface area contributed by atoms with E-state index >= 15 is 0 Å². The van der Waals surface area contributed by atoms with Gasteiger partial charge in [0, 0.05) is 19.6 Å². The van der Waals surface area contributed by atoms with Crippen LogP contribution in [0.1, 0.15) is 19.8 Å². The summed E-state index contributed by atoms with van der Waals surface area (Å²) >= 11 is 0. The van der Waals surface area contributed by atoms with E-state index in [1.165, 1.54) is 6.42 Å². The highest BCUT2D eigenvalue weighted by molar-refractivity contribution is 5.82. The summed E-state index contributed by atoms with van der Waals surface area (Å²) in [6.07, 6.45) is 2.28. The van der Waals surface area contributed by atoms with Crippen LogP contribution in [-0.4, -0.2) is 47.9 Å². The van der Waals surface area contributed by atoms with Crippen molar-refractivity contribution in [3.63, 3.8) is 0 Å². The molecule has 0 bridgehead atoms. The molecule has 0 aromatic heterocycles. The van der Waals surface area contributed by atoms with Crippen molar-refractivity contribution in [3.8, 4) is 0 Å². The zero-order chi connectivity index (χ0) is 8.55. The third-order valence-corrected chi connectivity index (χ3v) is 3.00. The molecule has 2 heterocycles. The second-order valence-corrected chi connectivity index (χ2v) is 3.61. The molecule has 3 nitrogen and oxygen atoms in total.